The molecule has 1 atom stereocenters. The van der Waals surface area contributed by atoms with Gasteiger partial charge in [-0.3, -0.25) is 9.59 Å². The van der Waals surface area contributed by atoms with Gasteiger partial charge in [0.25, 0.3) is 5.91 Å². The monoisotopic (exact) mass is 259 g/mol. The van der Waals surface area contributed by atoms with Gasteiger partial charge in [-0.25, -0.2) is 0 Å². The van der Waals surface area contributed by atoms with Crippen LogP contribution in [-0.2, 0) is 4.79 Å². The molecule has 0 aliphatic heterocycles. The van der Waals surface area contributed by atoms with Crippen LogP contribution in [0.25, 0.3) is 0 Å². The number of carbonyl (C=O) groups is 2. The van der Waals surface area contributed by atoms with Crippen molar-refractivity contribution in [3.05, 3.63) is 34.9 Å². The molecule has 0 radical (unpaired) electrons. The van der Waals surface area contributed by atoms with Gasteiger partial charge in [-0.1, -0.05) is 18.5 Å². The zero-order chi connectivity index (χ0) is 12.1. The van der Waals surface area contributed by atoms with E-state index in [1.54, 1.807) is 31.2 Å². The molecule has 0 spiro atoms. The molecular weight excluding hydrogens is 249 g/mol. The SMILES string of the molecule is CCC(NC(=O)c1ccc(Cl)cc1)C(=O)Cl. The first kappa shape index (κ1) is 13.0. The maximum atomic E-state index is 11.7. The van der Waals surface area contributed by atoms with Crippen LogP contribution in [0.5, 0.6) is 0 Å². The molecule has 0 aliphatic carbocycles. The highest BCUT2D eigenvalue weighted by atomic mass is 35.5. The molecule has 0 aromatic heterocycles. The summed E-state index contributed by atoms with van der Waals surface area (Å²) in [6, 6.07) is 5.75. The summed E-state index contributed by atoms with van der Waals surface area (Å²) < 4.78 is 0. The maximum Gasteiger partial charge on any atom is 0.251 e. The van der Waals surface area contributed by atoms with Gasteiger partial charge >= 0.3 is 0 Å². The molecule has 0 saturated heterocycles. The Kier molecular flexibility index (Phi) is 4.77. The predicted octanol–water partition coefficient (Wildman–Crippen LogP) is 2.61. The third-order valence-corrected chi connectivity index (χ3v) is 2.61. The Morgan fingerprint density at radius 1 is 1.31 bits per heavy atom. The average Bonchev–Trinajstić information content (AvgIpc) is 2.26. The summed E-state index contributed by atoms with van der Waals surface area (Å²) in [7, 11) is 0. The van der Waals surface area contributed by atoms with Gasteiger partial charge < -0.3 is 5.32 Å². The van der Waals surface area contributed by atoms with Gasteiger partial charge in [-0.2, -0.15) is 0 Å². The van der Waals surface area contributed by atoms with Crippen LogP contribution in [0, 0.1) is 0 Å². The molecule has 1 aromatic carbocycles. The van der Waals surface area contributed by atoms with Gasteiger partial charge in [0, 0.05) is 10.6 Å². The lowest BCUT2D eigenvalue weighted by Gasteiger charge is -2.12. The molecule has 0 saturated carbocycles. The highest BCUT2D eigenvalue weighted by Gasteiger charge is 2.17. The molecule has 0 fully saturated rings. The van der Waals surface area contributed by atoms with Gasteiger partial charge in [0.2, 0.25) is 5.24 Å². The van der Waals surface area contributed by atoms with Crippen LogP contribution in [-0.4, -0.2) is 17.2 Å². The molecule has 1 N–H and O–H groups in total. The summed E-state index contributed by atoms with van der Waals surface area (Å²) in [4.78, 5) is 22.6. The first-order valence-corrected chi connectivity index (χ1v) is 5.56. The van der Waals surface area contributed by atoms with E-state index in [-0.39, 0.29) is 5.91 Å². The summed E-state index contributed by atoms with van der Waals surface area (Å²) in [5.74, 6) is -0.336. The van der Waals surface area contributed by atoms with Crippen molar-refractivity contribution in [2.45, 2.75) is 19.4 Å². The minimum Gasteiger partial charge on any atom is -0.341 e. The lowest BCUT2D eigenvalue weighted by Crippen LogP contribution is -2.38. The Morgan fingerprint density at radius 3 is 2.31 bits per heavy atom. The van der Waals surface area contributed by atoms with Crippen molar-refractivity contribution in [2.75, 3.05) is 0 Å². The Balaban J connectivity index is 2.71. The van der Waals surface area contributed by atoms with E-state index >= 15 is 0 Å². The molecule has 16 heavy (non-hydrogen) atoms. The molecule has 3 nitrogen and oxygen atoms in total. The van der Waals surface area contributed by atoms with E-state index in [1.807, 2.05) is 0 Å². The van der Waals surface area contributed by atoms with Gasteiger partial charge in [0.05, 0.1) is 0 Å². The Bertz CT molecular complexity index is 389. The van der Waals surface area contributed by atoms with Crippen LogP contribution >= 0.6 is 23.2 Å². The number of nitrogens with one attached hydrogen (secondary N) is 1. The van der Waals surface area contributed by atoms with Crippen molar-refractivity contribution >= 4 is 34.4 Å². The summed E-state index contributed by atoms with van der Waals surface area (Å²) in [5, 5.41) is 2.53. The standard InChI is InChI=1S/C11H11Cl2NO2/c1-2-9(10(13)15)14-11(16)7-3-5-8(12)6-4-7/h3-6,9H,2H2,1H3,(H,14,16). The summed E-state index contributed by atoms with van der Waals surface area (Å²) >= 11 is 11.0. The third-order valence-electron chi connectivity index (χ3n) is 2.09. The molecule has 5 heteroatoms. The normalized spacial score (nSPS) is 11.9. The second-order valence-electron chi connectivity index (χ2n) is 3.25. The summed E-state index contributed by atoms with van der Waals surface area (Å²) in [5.41, 5.74) is 0.445. The van der Waals surface area contributed by atoms with E-state index in [0.29, 0.717) is 17.0 Å². The van der Waals surface area contributed by atoms with E-state index in [4.69, 9.17) is 23.2 Å². The van der Waals surface area contributed by atoms with Crippen molar-refractivity contribution in [3.8, 4) is 0 Å². The van der Waals surface area contributed by atoms with Crippen molar-refractivity contribution in [1.82, 2.24) is 5.32 Å². The Labute approximate surface area is 104 Å². The molecule has 1 unspecified atom stereocenters. The molecule has 0 bridgehead atoms. The smallest absolute Gasteiger partial charge is 0.251 e. The fraction of sp³-hybridized carbons (Fsp3) is 0.273. The largest absolute Gasteiger partial charge is 0.341 e. The lowest BCUT2D eigenvalue weighted by molar-refractivity contribution is -0.113. The highest BCUT2D eigenvalue weighted by molar-refractivity contribution is 6.64. The number of hydrogen-bond acceptors (Lipinski definition) is 2. The average molecular weight is 260 g/mol. The van der Waals surface area contributed by atoms with Crippen LogP contribution in [0.15, 0.2) is 24.3 Å². The number of carbonyl (C=O) groups excluding carboxylic acids is 2. The van der Waals surface area contributed by atoms with E-state index in [9.17, 15) is 9.59 Å². The van der Waals surface area contributed by atoms with Crippen molar-refractivity contribution in [3.63, 3.8) is 0 Å². The second-order valence-corrected chi connectivity index (χ2v) is 4.05. The van der Waals surface area contributed by atoms with E-state index < -0.39 is 11.3 Å². The van der Waals surface area contributed by atoms with Crippen LogP contribution in [0.2, 0.25) is 5.02 Å². The fourth-order valence-electron chi connectivity index (χ4n) is 1.16. The predicted molar refractivity (Wildman–Crippen MR) is 63.9 cm³/mol. The Morgan fingerprint density at radius 2 is 1.88 bits per heavy atom. The molecule has 1 rings (SSSR count). The number of rotatable bonds is 4. The minimum absolute atomic E-state index is 0.336. The fourth-order valence-corrected chi connectivity index (χ4v) is 1.50. The second kappa shape index (κ2) is 5.87. The molecule has 0 heterocycles. The van der Waals surface area contributed by atoms with E-state index in [1.165, 1.54) is 0 Å². The zero-order valence-corrected chi connectivity index (χ0v) is 10.2. The van der Waals surface area contributed by atoms with Gasteiger partial charge in [0.15, 0.2) is 0 Å². The minimum atomic E-state index is -0.648. The van der Waals surface area contributed by atoms with Crippen LogP contribution in [0.1, 0.15) is 23.7 Å². The molecule has 86 valence electrons. The number of hydrogen-bond donors (Lipinski definition) is 1. The van der Waals surface area contributed by atoms with Crippen LogP contribution in [0.3, 0.4) is 0 Å². The first-order valence-electron chi connectivity index (χ1n) is 4.80. The van der Waals surface area contributed by atoms with Crippen molar-refractivity contribution < 1.29 is 9.59 Å². The first-order chi connectivity index (χ1) is 7.54. The summed E-state index contributed by atoms with van der Waals surface area (Å²) in [6.07, 6.45) is 0.460. The highest BCUT2D eigenvalue weighted by Crippen LogP contribution is 2.10. The quantitative estimate of drug-likeness (QED) is 0.846. The molecule has 1 amide bonds. The topological polar surface area (TPSA) is 46.2 Å². The Hall–Kier alpha value is -1.06. The number of amides is 1. The molecular formula is C11H11Cl2NO2. The van der Waals surface area contributed by atoms with E-state index in [2.05, 4.69) is 5.32 Å². The molecule has 0 aliphatic rings. The van der Waals surface area contributed by atoms with E-state index in [0.717, 1.165) is 0 Å². The third kappa shape index (κ3) is 3.51. The zero-order valence-electron chi connectivity index (χ0n) is 8.67. The number of halogens is 2. The van der Waals surface area contributed by atoms with Gasteiger partial charge in [-0.15, -0.1) is 0 Å². The van der Waals surface area contributed by atoms with Crippen molar-refractivity contribution in [2.24, 2.45) is 0 Å². The molecule has 1 aromatic rings. The van der Waals surface area contributed by atoms with Gasteiger partial charge in [0.1, 0.15) is 6.04 Å². The maximum absolute atomic E-state index is 11.7. The lowest BCUT2D eigenvalue weighted by atomic mass is 10.2. The number of benzene rings is 1. The van der Waals surface area contributed by atoms with Crippen LogP contribution in [0.4, 0.5) is 0 Å². The van der Waals surface area contributed by atoms with Crippen molar-refractivity contribution in [1.29, 1.82) is 0 Å². The van der Waals surface area contributed by atoms with Crippen LogP contribution < -0.4 is 5.32 Å². The van der Waals surface area contributed by atoms with Gasteiger partial charge in [-0.05, 0) is 42.3 Å². The summed E-state index contributed by atoms with van der Waals surface area (Å²) in [6.45, 7) is 1.77.